The normalized spacial score (nSPS) is 10.1. The zero-order chi connectivity index (χ0) is 18.2. The number of thiazole rings is 1. The Hall–Kier alpha value is -2.25. The molecule has 0 aliphatic heterocycles. The number of aryl methyl sites for hydroxylation is 1. The van der Waals surface area contributed by atoms with E-state index in [-0.39, 0.29) is 22.9 Å². The third-order valence-electron chi connectivity index (χ3n) is 3.98. The van der Waals surface area contributed by atoms with Gasteiger partial charge in [-0.3, -0.25) is 4.79 Å². The highest BCUT2D eigenvalue weighted by molar-refractivity contribution is 7.14. The van der Waals surface area contributed by atoms with Crippen LogP contribution in [0.2, 0.25) is 0 Å². The SMILES string of the molecule is COc1ccc(-c2csc(NC(=O)CCCC[n+]3ccccc3)n2)cc1.[Br-]. The largest absolute Gasteiger partial charge is 1.00 e. The van der Waals surface area contributed by atoms with E-state index < -0.39 is 0 Å². The van der Waals surface area contributed by atoms with Crippen LogP contribution in [0.5, 0.6) is 5.75 Å². The van der Waals surface area contributed by atoms with Crippen molar-refractivity contribution in [2.24, 2.45) is 0 Å². The van der Waals surface area contributed by atoms with Crippen LogP contribution in [0, 0.1) is 0 Å². The van der Waals surface area contributed by atoms with Crippen molar-refractivity contribution in [2.45, 2.75) is 25.8 Å². The molecule has 27 heavy (non-hydrogen) atoms. The Balaban J connectivity index is 0.00000261. The van der Waals surface area contributed by atoms with Crippen LogP contribution in [0.1, 0.15) is 19.3 Å². The van der Waals surface area contributed by atoms with Crippen molar-refractivity contribution in [3.8, 4) is 17.0 Å². The van der Waals surface area contributed by atoms with Gasteiger partial charge in [0.2, 0.25) is 5.91 Å². The van der Waals surface area contributed by atoms with E-state index in [2.05, 4.69) is 14.9 Å². The number of carbonyl (C=O) groups is 1. The number of rotatable bonds is 8. The highest BCUT2D eigenvalue weighted by Gasteiger charge is 2.09. The van der Waals surface area contributed by atoms with Crippen LogP contribution >= 0.6 is 11.3 Å². The molecule has 1 aromatic carbocycles. The van der Waals surface area contributed by atoms with Crippen molar-refractivity contribution in [1.29, 1.82) is 0 Å². The Morgan fingerprint density at radius 3 is 2.59 bits per heavy atom. The lowest BCUT2D eigenvalue weighted by Gasteiger charge is -2.02. The summed E-state index contributed by atoms with van der Waals surface area (Å²) in [5.74, 6) is 0.824. The van der Waals surface area contributed by atoms with E-state index in [4.69, 9.17) is 4.74 Å². The van der Waals surface area contributed by atoms with Crippen molar-refractivity contribution < 1.29 is 31.1 Å². The Morgan fingerprint density at radius 2 is 1.89 bits per heavy atom. The Labute approximate surface area is 173 Å². The first-order chi connectivity index (χ1) is 12.7. The number of pyridine rings is 1. The molecule has 142 valence electrons. The van der Waals surface area contributed by atoms with E-state index in [0.29, 0.717) is 11.6 Å². The first kappa shape index (κ1) is 21.1. The second-order valence-electron chi connectivity index (χ2n) is 5.89. The predicted octanol–water partition coefficient (Wildman–Crippen LogP) is 0.919. The summed E-state index contributed by atoms with van der Waals surface area (Å²) >= 11 is 1.44. The summed E-state index contributed by atoms with van der Waals surface area (Å²) in [6.45, 7) is 0.924. The monoisotopic (exact) mass is 447 g/mol. The number of aromatic nitrogens is 2. The average Bonchev–Trinajstić information content (AvgIpc) is 3.14. The Kier molecular flexibility index (Phi) is 8.42. The number of nitrogens with zero attached hydrogens (tertiary/aromatic N) is 2. The molecule has 0 saturated heterocycles. The fourth-order valence-electron chi connectivity index (χ4n) is 2.57. The number of unbranched alkanes of at least 4 members (excludes halogenated alkanes) is 1. The third-order valence-corrected chi connectivity index (χ3v) is 4.74. The topological polar surface area (TPSA) is 55.1 Å². The molecule has 0 radical (unpaired) electrons. The van der Waals surface area contributed by atoms with E-state index >= 15 is 0 Å². The molecule has 5 nitrogen and oxygen atoms in total. The van der Waals surface area contributed by atoms with Gasteiger partial charge in [-0.15, -0.1) is 11.3 Å². The fraction of sp³-hybridized carbons (Fsp3) is 0.250. The lowest BCUT2D eigenvalue weighted by Crippen LogP contribution is -3.00. The number of nitrogens with one attached hydrogen (secondary N) is 1. The molecule has 0 fully saturated rings. The molecule has 1 N–H and O–H groups in total. The second-order valence-corrected chi connectivity index (χ2v) is 6.74. The van der Waals surface area contributed by atoms with Gasteiger partial charge in [0, 0.05) is 35.9 Å². The van der Waals surface area contributed by atoms with Gasteiger partial charge in [0.25, 0.3) is 0 Å². The van der Waals surface area contributed by atoms with Crippen LogP contribution in [0.3, 0.4) is 0 Å². The molecular weight excluding hydrogens is 426 g/mol. The van der Waals surface area contributed by atoms with Crippen LogP contribution < -0.4 is 31.6 Å². The fourth-order valence-corrected chi connectivity index (χ4v) is 3.31. The number of halogens is 1. The van der Waals surface area contributed by atoms with Gasteiger partial charge in [0.05, 0.1) is 12.8 Å². The molecule has 7 heteroatoms. The summed E-state index contributed by atoms with van der Waals surface area (Å²) < 4.78 is 7.29. The number of anilines is 1. The number of hydrogen-bond donors (Lipinski definition) is 1. The van der Waals surface area contributed by atoms with E-state index in [9.17, 15) is 4.79 Å². The molecule has 0 bridgehead atoms. The molecule has 0 atom stereocenters. The number of ether oxygens (including phenoxy) is 1. The van der Waals surface area contributed by atoms with Gasteiger partial charge >= 0.3 is 0 Å². The number of benzene rings is 1. The van der Waals surface area contributed by atoms with Gasteiger partial charge in [-0.2, -0.15) is 0 Å². The summed E-state index contributed by atoms with van der Waals surface area (Å²) in [7, 11) is 1.64. The lowest BCUT2D eigenvalue weighted by atomic mass is 10.2. The number of amides is 1. The van der Waals surface area contributed by atoms with E-state index in [1.807, 2.05) is 60.2 Å². The van der Waals surface area contributed by atoms with Crippen molar-refractivity contribution in [1.82, 2.24) is 4.98 Å². The quantitative estimate of drug-likeness (QED) is 0.412. The van der Waals surface area contributed by atoms with E-state index in [0.717, 1.165) is 36.4 Å². The maximum absolute atomic E-state index is 12.1. The van der Waals surface area contributed by atoms with Crippen LogP contribution in [-0.4, -0.2) is 18.0 Å². The molecule has 0 saturated carbocycles. The minimum atomic E-state index is 0. The zero-order valence-corrected chi connectivity index (χ0v) is 17.5. The average molecular weight is 448 g/mol. The number of hydrogen-bond acceptors (Lipinski definition) is 4. The van der Waals surface area contributed by atoms with Crippen LogP contribution in [-0.2, 0) is 11.3 Å². The Bertz CT molecular complexity index is 838. The van der Waals surface area contributed by atoms with Gasteiger partial charge in [0.15, 0.2) is 17.5 Å². The Morgan fingerprint density at radius 1 is 1.15 bits per heavy atom. The van der Waals surface area contributed by atoms with Crippen LogP contribution in [0.15, 0.2) is 60.2 Å². The van der Waals surface area contributed by atoms with Crippen molar-refractivity contribution >= 4 is 22.4 Å². The molecule has 3 rings (SSSR count). The predicted molar refractivity (Wildman–Crippen MR) is 103 cm³/mol. The molecule has 0 spiro atoms. The van der Waals surface area contributed by atoms with Gasteiger partial charge in [-0.1, -0.05) is 6.07 Å². The van der Waals surface area contributed by atoms with Crippen LogP contribution in [0.25, 0.3) is 11.3 Å². The third kappa shape index (κ3) is 6.45. The maximum atomic E-state index is 12.1. The standard InChI is InChI=1S/C20H21N3O2S.BrH/c1-25-17-10-8-16(9-11-17)18-15-26-20(21-18)22-19(24)7-3-6-14-23-12-4-2-5-13-23;/h2,4-5,8-13,15H,3,6-7,14H2,1H3;1H. The summed E-state index contributed by atoms with van der Waals surface area (Å²) in [5.41, 5.74) is 1.86. The summed E-state index contributed by atoms with van der Waals surface area (Å²) in [4.78, 5) is 16.6. The van der Waals surface area contributed by atoms with Crippen molar-refractivity contribution in [2.75, 3.05) is 12.4 Å². The minimum absolute atomic E-state index is 0. The molecule has 0 aliphatic carbocycles. The van der Waals surface area contributed by atoms with Gasteiger partial charge < -0.3 is 27.0 Å². The summed E-state index contributed by atoms with van der Waals surface area (Å²) in [6.07, 6.45) is 6.40. The molecule has 0 aliphatic rings. The highest BCUT2D eigenvalue weighted by atomic mass is 79.9. The van der Waals surface area contributed by atoms with E-state index in [1.165, 1.54) is 11.3 Å². The van der Waals surface area contributed by atoms with E-state index in [1.54, 1.807) is 7.11 Å². The van der Waals surface area contributed by atoms with Gasteiger partial charge in [0.1, 0.15) is 12.3 Å². The lowest BCUT2D eigenvalue weighted by molar-refractivity contribution is -0.697. The highest BCUT2D eigenvalue weighted by Crippen LogP contribution is 2.26. The number of carbonyl (C=O) groups excluding carboxylic acids is 1. The van der Waals surface area contributed by atoms with Crippen molar-refractivity contribution in [3.63, 3.8) is 0 Å². The summed E-state index contributed by atoms with van der Waals surface area (Å²) in [5, 5.41) is 5.48. The number of methoxy groups -OCH3 is 1. The maximum Gasteiger partial charge on any atom is 0.226 e. The second kappa shape index (κ2) is 10.8. The van der Waals surface area contributed by atoms with Crippen LogP contribution in [0.4, 0.5) is 5.13 Å². The first-order valence-corrected chi connectivity index (χ1v) is 9.46. The molecule has 2 aromatic heterocycles. The molecular formula is C20H22BrN3O2S. The molecule has 1 amide bonds. The summed E-state index contributed by atoms with van der Waals surface area (Å²) in [6, 6.07) is 13.7. The van der Waals surface area contributed by atoms with Gasteiger partial charge in [-0.05, 0) is 30.7 Å². The minimum Gasteiger partial charge on any atom is -1.00 e. The first-order valence-electron chi connectivity index (χ1n) is 8.58. The van der Waals surface area contributed by atoms with Gasteiger partial charge in [-0.25, -0.2) is 9.55 Å². The van der Waals surface area contributed by atoms with Crippen molar-refractivity contribution in [3.05, 3.63) is 60.2 Å². The molecule has 3 aromatic rings. The zero-order valence-electron chi connectivity index (χ0n) is 15.1. The molecule has 0 unspecified atom stereocenters. The smallest absolute Gasteiger partial charge is 0.226 e. The molecule has 2 heterocycles.